The van der Waals surface area contributed by atoms with Crippen LogP contribution in [-0.2, 0) is 13.1 Å². The average molecular weight is 302 g/mol. The summed E-state index contributed by atoms with van der Waals surface area (Å²) in [6, 6.07) is 4.75. The van der Waals surface area contributed by atoms with Gasteiger partial charge in [0.2, 0.25) is 0 Å². The topological polar surface area (TPSA) is 26.7 Å². The van der Waals surface area contributed by atoms with Crippen molar-refractivity contribution in [3.63, 3.8) is 0 Å². The first-order chi connectivity index (χ1) is 10.5. The maximum atomic E-state index is 9.45. The summed E-state index contributed by atoms with van der Waals surface area (Å²) in [5, 5.41) is 9.45. The Labute approximate surface area is 134 Å². The van der Waals surface area contributed by atoms with Gasteiger partial charge in [0.15, 0.2) is 0 Å². The van der Waals surface area contributed by atoms with Crippen LogP contribution < -0.4 is 0 Å². The largest absolute Gasteiger partial charge is 0.390 e. The Morgan fingerprint density at radius 1 is 0.955 bits per heavy atom. The Bertz CT molecular complexity index is 514. The molecule has 2 aliphatic rings. The SMILES string of the molecule is Cc1cc(C)c(CN2CC(O)C2)cc1CN1CCC(C)CC1. The van der Waals surface area contributed by atoms with E-state index in [9.17, 15) is 5.11 Å². The maximum Gasteiger partial charge on any atom is 0.0794 e. The molecule has 122 valence electrons. The van der Waals surface area contributed by atoms with Crippen molar-refractivity contribution in [3.8, 4) is 0 Å². The van der Waals surface area contributed by atoms with Crippen molar-refractivity contribution in [3.05, 3.63) is 34.4 Å². The Morgan fingerprint density at radius 3 is 2.05 bits per heavy atom. The third kappa shape index (κ3) is 3.70. The Balaban J connectivity index is 1.67. The van der Waals surface area contributed by atoms with Crippen LogP contribution in [0.4, 0.5) is 0 Å². The molecule has 0 amide bonds. The average Bonchev–Trinajstić information content (AvgIpc) is 2.44. The number of nitrogens with zero attached hydrogens (tertiary/aromatic N) is 2. The molecule has 0 aromatic heterocycles. The van der Waals surface area contributed by atoms with Crippen LogP contribution in [0.1, 0.15) is 42.0 Å². The van der Waals surface area contributed by atoms with Gasteiger partial charge in [-0.25, -0.2) is 0 Å². The molecule has 2 saturated heterocycles. The molecule has 2 heterocycles. The van der Waals surface area contributed by atoms with Crippen LogP contribution in [0.25, 0.3) is 0 Å². The zero-order chi connectivity index (χ0) is 15.7. The fraction of sp³-hybridized carbons (Fsp3) is 0.684. The first-order valence-electron chi connectivity index (χ1n) is 8.73. The van der Waals surface area contributed by atoms with Gasteiger partial charge in [-0.1, -0.05) is 19.1 Å². The minimum absolute atomic E-state index is 0.111. The molecule has 1 aromatic rings. The van der Waals surface area contributed by atoms with Crippen LogP contribution in [0.3, 0.4) is 0 Å². The first-order valence-corrected chi connectivity index (χ1v) is 8.73. The number of likely N-dealkylation sites (tertiary alicyclic amines) is 2. The van der Waals surface area contributed by atoms with E-state index in [1.165, 1.54) is 48.2 Å². The van der Waals surface area contributed by atoms with Crippen molar-refractivity contribution in [2.24, 2.45) is 5.92 Å². The van der Waals surface area contributed by atoms with Crippen molar-refractivity contribution in [1.29, 1.82) is 0 Å². The molecule has 0 radical (unpaired) electrons. The molecule has 2 fully saturated rings. The van der Waals surface area contributed by atoms with E-state index in [0.717, 1.165) is 32.1 Å². The monoisotopic (exact) mass is 302 g/mol. The second-order valence-electron chi connectivity index (χ2n) is 7.51. The highest BCUT2D eigenvalue weighted by molar-refractivity contribution is 5.37. The molecular formula is C19H30N2O. The molecule has 0 unspecified atom stereocenters. The summed E-state index contributed by atoms with van der Waals surface area (Å²) in [6.45, 7) is 13.0. The van der Waals surface area contributed by atoms with E-state index in [1.807, 2.05) is 0 Å². The number of β-amino-alcohol motifs (C(OH)–C–C–N with tert-alkyl or cyclic N) is 1. The summed E-state index contributed by atoms with van der Waals surface area (Å²) in [5.41, 5.74) is 5.72. The number of aliphatic hydroxyl groups excluding tert-OH is 1. The molecule has 22 heavy (non-hydrogen) atoms. The Hall–Kier alpha value is -0.900. The predicted molar refractivity (Wildman–Crippen MR) is 90.9 cm³/mol. The molecule has 0 bridgehead atoms. The molecule has 0 atom stereocenters. The van der Waals surface area contributed by atoms with Crippen LogP contribution in [0.2, 0.25) is 0 Å². The number of benzene rings is 1. The van der Waals surface area contributed by atoms with E-state index < -0.39 is 0 Å². The summed E-state index contributed by atoms with van der Waals surface area (Å²) >= 11 is 0. The third-order valence-electron chi connectivity index (χ3n) is 5.40. The fourth-order valence-corrected chi connectivity index (χ4v) is 3.66. The molecule has 3 heteroatoms. The fourth-order valence-electron chi connectivity index (χ4n) is 3.66. The normalized spacial score (nSPS) is 22.0. The van der Waals surface area contributed by atoms with Gasteiger partial charge in [-0.05, 0) is 68.0 Å². The minimum Gasteiger partial charge on any atom is -0.390 e. The van der Waals surface area contributed by atoms with Gasteiger partial charge in [-0.2, -0.15) is 0 Å². The van der Waals surface area contributed by atoms with Crippen LogP contribution >= 0.6 is 0 Å². The first kappa shape index (κ1) is 16.0. The minimum atomic E-state index is -0.111. The van der Waals surface area contributed by atoms with Crippen molar-refractivity contribution in [2.45, 2.75) is 52.8 Å². The lowest BCUT2D eigenvalue weighted by Crippen LogP contribution is -2.49. The number of piperidine rings is 1. The van der Waals surface area contributed by atoms with Gasteiger partial charge in [0.1, 0.15) is 0 Å². The molecule has 2 aliphatic heterocycles. The Morgan fingerprint density at radius 2 is 1.50 bits per heavy atom. The maximum absolute atomic E-state index is 9.45. The van der Waals surface area contributed by atoms with Gasteiger partial charge in [0.25, 0.3) is 0 Å². The second-order valence-corrected chi connectivity index (χ2v) is 7.51. The summed E-state index contributed by atoms with van der Waals surface area (Å²) < 4.78 is 0. The summed E-state index contributed by atoms with van der Waals surface area (Å²) in [6.07, 6.45) is 2.56. The Kier molecular flexibility index (Phi) is 4.86. The highest BCUT2D eigenvalue weighted by atomic mass is 16.3. The van der Waals surface area contributed by atoms with E-state index in [0.29, 0.717) is 0 Å². The van der Waals surface area contributed by atoms with E-state index in [1.54, 1.807) is 0 Å². The van der Waals surface area contributed by atoms with Crippen LogP contribution in [-0.4, -0.2) is 47.2 Å². The van der Waals surface area contributed by atoms with Crippen molar-refractivity contribution in [2.75, 3.05) is 26.2 Å². The molecule has 1 N–H and O–H groups in total. The summed E-state index contributed by atoms with van der Waals surface area (Å²) in [5.74, 6) is 0.892. The molecule has 0 aliphatic carbocycles. The summed E-state index contributed by atoms with van der Waals surface area (Å²) in [7, 11) is 0. The number of rotatable bonds is 4. The van der Waals surface area contributed by atoms with Crippen LogP contribution in [0, 0.1) is 19.8 Å². The van der Waals surface area contributed by atoms with Crippen molar-refractivity contribution < 1.29 is 5.11 Å². The van der Waals surface area contributed by atoms with Gasteiger partial charge >= 0.3 is 0 Å². The lowest BCUT2D eigenvalue weighted by molar-refractivity contribution is -0.00298. The quantitative estimate of drug-likeness (QED) is 0.926. The standard InChI is InChI=1S/C19H30N2O/c1-14-4-6-20(7-5-14)10-17-9-18(16(3)8-15(17)2)11-21-12-19(22)13-21/h8-9,14,19,22H,4-7,10-13H2,1-3H3. The smallest absolute Gasteiger partial charge is 0.0794 e. The van der Waals surface area contributed by atoms with Crippen LogP contribution in [0.15, 0.2) is 12.1 Å². The number of hydrogen-bond acceptors (Lipinski definition) is 3. The number of aryl methyl sites for hydroxylation is 2. The van der Waals surface area contributed by atoms with Crippen LogP contribution in [0.5, 0.6) is 0 Å². The van der Waals surface area contributed by atoms with Crippen molar-refractivity contribution in [1.82, 2.24) is 9.80 Å². The zero-order valence-electron chi connectivity index (χ0n) is 14.3. The molecule has 0 spiro atoms. The second kappa shape index (κ2) is 6.69. The van der Waals surface area contributed by atoms with E-state index >= 15 is 0 Å². The number of aliphatic hydroxyl groups is 1. The van der Waals surface area contributed by atoms with E-state index in [2.05, 4.69) is 42.7 Å². The summed E-state index contributed by atoms with van der Waals surface area (Å²) in [4.78, 5) is 4.93. The van der Waals surface area contributed by atoms with Gasteiger partial charge in [-0.15, -0.1) is 0 Å². The molecule has 3 nitrogen and oxygen atoms in total. The molecule has 3 rings (SSSR count). The highest BCUT2D eigenvalue weighted by Gasteiger charge is 2.24. The lowest BCUT2D eigenvalue weighted by Gasteiger charge is -2.36. The zero-order valence-corrected chi connectivity index (χ0v) is 14.3. The number of hydrogen-bond donors (Lipinski definition) is 1. The van der Waals surface area contributed by atoms with Gasteiger partial charge in [-0.3, -0.25) is 9.80 Å². The lowest BCUT2D eigenvalue weighted by atomic mass is 9.96. The third-order valence-corrected chi connectivity index (χ3v) is 5.40. The van der Waals surface area contributed by atoms with Gasteiger partial charge in [0, 0.05) is 26.2 Å². The van der Waals surface area contributed by atoms with Gasteiger partial charge < -0.3 is 5.11 Å². The van der Waals surface area contributed by atoms with E-state index in [-0.39, 0.29) is 6.10 Å². The highest BCUT2D eigenvalue weighted by Crippen LogP contribution is 2.23. The molecule has 0 saturated carbocycles. The van der Waals surface area contributed by atoms with Crippen molar-refractivity contribution >= 4 is 0 Å². The predicted octanol–water partition coefficient (Wildman–Crippen LogP) is 2.71. The molecular weight excluding hydrogens is 272 g/mol. The van der Waals surface area contributed by atoms with Gasteiger partial charge in [0.05, 0.1) is 6.10 Å². The molecule has 1 aromatic carbocycles. The van der Waals surface area contributed by atoms with E-state index in [4.69, 9.17) is 0 Å².